The van der Waals surface area contributed by atoms with Crippen LogP contribution in [0.15, 0.2) is 78.2 Å². The number of aromatic nitrogens is 2. The van der Waals surface area contributed by atoms with Gasteiger partial charge < -0.3 is 0 Å². The third-order valence-corrected chi connectivity index (χ3v) is 6.65. The van der Waals surface area contributed by atoms with E-state index >= 15 is 0 Å². The van der Waals surface area contributed by atoms with Crippen LogP contribution < -0.4 is 5.32 Å². The van der Waals surface area contributed by atoms with Gasteiger partial charge in [0.2, 0.25) is 0 Å². The number of nitrogens with zero attached hydrogens (tertiary/aromatic N) is 2. The number of benzene rings is 3. The Kier molecular flexibility index (Phi) is 5.85. The first-order valence-corrected chi connectivity index (χ1v) is 11.8. The number of carbonyl (C=O) groups is 1. The first kappa shape index (κ1) is 21.6. The summed E-state index contributed by atoms with van der Waals surface area (Å²) in [6.45, 7) is 1.88. The van der Waals surface area contributed by atoms with Gasteiger partial charge in [0.15, 0.2) is 5.13 Å². The molecule has 0 atom stereocenters. The highest BCUT2D eigenvalue weighted by Crippen LogP contribution is 2.35. The number of hydrogen-bond donors (Lipinski definition) is 1. The fourth-order valence-corrected chi connectivity index (χ4v) is 4.99. The lowest BCUT2D eigenvalue weighted by Gasteiger charge is -2.15. The van der Waals surface area contributed by atoms with Gasteiger partial charge in [-0.15, -0.1) is 11.3 Å². The molecule has 4 nitrogen and oxygen atoms in total. The quantitative estimate of drug-likeness (QED) is 0.279. The van der Waals surface area contributed by atoms with E-state index < -0.39 is 0 Å². The standard InChI is InChI=1S/C26H17Cl2N3OS/c1-15-23(25(32)31-26-30-22(14-33-26)16-7-3-2-4-8-16)19-9-5-6-10-21(19)29-24(15)18-12-11-17(27)13-20(18)28/h2-14H,1H3,(H,30,31,32). The van der Waals surface area contributed by atoms with E-state index in [0.29, 0.717) is 32.0 Å². The average Bonchev–Trinajstić information content (AvgIpc) is 3.28. The normalized spacial score (nSPS) is 11.0. The van der Waals surface area contributed by atoms with E-state index in [2.05, 4.69) is 10.3 Å². The molecule has 0 aliphatic rings. The predicted octanol–water partition coefficient (Wildman–Crippen LogP) is 7.89. The number of fused-ring (bicyclic) bond motifs is 1. The molecule has 5 aromatic rings. The maximum Gasteiger partial charge on any atom is 0.258 e. The van der Waals surface area contributed by atoms with Gasteiger partial charge in [-0.3, -0.25) is 10.1 Å². The summed E-state index contributed by atoms with van der Waals surface area (Å²) >= 11 is 13.9. The Balaban J connectivity index is 1.58. The van der Waals surface area contributed by atoms with Gasteiger partial charge in [0.05, 0.1) is 27.5 Å². The summed E-state index contributed by atoms with van der Waals surface area (Å²) < 4.78 is 0. The molecule has 0 saturated heterocycles. The van der Waals surface area contributed by atoms with Crippen molar-refractivity contribution in [2.75, 3.05) is 5.32 Å². The van der Waals surface area contributed by atoms with Gasteiger partial charge >= 0.3 is 0 Å². The number of thiazole rings is 1. The zero-order valence-corrected chi connectivity index (χ0v) is 19.8. The van der Waals surface area contributed by atoms with Crippen LogP contribution in [-0.2, 0) is 0 Å². The zero-order chi connectivity index (χ0) is 22.9. The monoisotopic (exact) mass is 489 g/mol. The Labute approximate surface area is 204 Å². The summed E-state index contributed by atoms with van der Waals surface area (Å²) in [7, 11) is 0. The highest BCUT2D eigenvalue weighted by atomic mass is 35.5. The third kappa shape index (κ3) is 4.23. The summed E-state index contributed by atoms with van der Waals surface area (Å²) in [4.78, 5) is 22.9. The molecular formula is C26H17Cl2N3OS. The van der Waals surface area contributed by atoms with Crippen molar-refractivity contribution in [3.63, 3.8) is 0 Å². The number of para-hydroxylation sites is 1. The van der Waals surface area contributed by atoms with Crippen LogP contribution in [0.5, 0.6) is 0 Å². The summed E-state index contributed by atoms with van der Waals surface area (Å²) in [5.41, 5.74) is 5.16. The van der Waals surface area contributed by atoms with Gasteiger partial charge in [-0.05, 0) is 36.8 Å². The molecule has 1 amide bonds. The van der Waals surface area contributed by atoms with Crippen molar-refractivity contribution < 1.29 is 4.79 Å². The summed E-state index contributed by atoms with van der Waals surface area (Å²) in [5, 5.41) is 7.22. The second kappa shape index (κ2) is 8.94. The fourth-order valence-electron chi connectivity index (χ4n) is 3.78. The number of halogens is 2. The maximum atomic E-state index is 13.5. The minimum Gasteiger partial charge on any atom is -0.298 e. The molecule has 3 aromatic carbocycles. The number of anilines is 1. The largest absolute Gasteiger partial charge is 0.298 e. The molecule has 7 heteroatoms. The molecule has 2 heterocycles. The smallest absolute Gasteiger partial charge is 0.258 e. The van der Waals surface area contributed by atoms with E-state index in [-0.39, 0.29) is 5.91 Å². The van der Waals surface area contributed by atoms with Crippen molar-refractivity contribution >= 4 is 56.5 Å². The highest BCUT2D eigenvalue weighted by molar-refractivity contribution is 7.14. The van der Waals surface area contributed by atoms with E-state index in [1.807, 2.05) is 73.0 Å². The summed E-state index contributed by atoms with van der Waals surface area (Å²) in [6.07, 6.45) is 0. The number of hydrogen-bond acceptors (Lipinski definition) is 4. The van der Waals surface area contributed by atoms with Gasteiger partial charge in [0.1, 0.15) is 0 Å². The van der Waals surface area contributed by atoms with E-state index in [9.17, 15) is 4.79 Å². The number of pyridine rings is 1. The predicted molar refractivity (Wildman–Crippen MR) is 137 cm³/mol. The van der Waals surface area contributed by atoms with Crippen molar-refractivity contribution in [2.24, 2.45) is 0 Å². The van der Waals surface area contributed by atoms with Gasteiger partial charge in [-0.25, -0.2) is 9.97 Å². The second-order valence-corrected chi connectivity index (χ2v) is 9.16. The average molecular weight is 490 g/mol. The maximum absolute atomic E-state index is 13.5. The van der Waals surface area contributed by atoms with Crippen molar-refractivity contribution in [1.82, 2.24) is 9.97 Å². The van der Waals surface area contributed by atoms with Crippen LogP contribution in [-0.4, -0.2) is 15.9 Å². The molecular weight excluding hydrogens is 473 g/mol. The lowest BCUT2D eigenvalue weighted by molar-refractivity contribution is 0.102. The number of nitrogens with one attached hydrogen (secondary N) is 1. The van der Waals surface area contributed by atoms with Crippen LogP contribution in [0.1, 0.15) is 15.9 Å². The van der Waals surface area contributed by atoms with Crippen LogP contribution in [0.3, 0.4) is 0 Å². The topological polar surface area (TPSA) is 54.9 Å². The first-order chi connectivity index (χ1) is 16.0. The molecule has 2 aromatic heterocycles. The molecule has 1 N–H and O–H groups in total. The van der Waals surface area contributed by atoms with Crippen molar-refractivity contribution in [1.29, 1.82) is 0 Å². The van der Waals surface area contributed by atoms with Crippen LogP contribution >= 0.6 is 34.5 Å². The molecule has 0 saturated carbocycles. The van der Waals surface area contributed by atoms with Crippen LogP contribution in [0, 0.1) is 6.92 Å². The van der Waals surface area contributed by atoms with Crippen LogP contribution in [0.2, 0.25) is 10.0 Å². The lowest BCUT2D eigenvalue weighted by atomic mass is 9.97. The SMILES string of the molecule is Cc1c(-c2ccc(Cl)cc2Cl)nc2ccccc2c1C(=O)Nc1nc(-c2ccccc2)cs1. The Bertz CT molecular complexity index is 1500. The van der Waals surface area contributed by atoms with E-state index in [0.717, 1.165) is 27.8 Å². The molecule has 0 fully saturated rings. The zero-order valence-electron chi connectivity index (χ0n) is 17.5. The third-order valence-electron chi connectivity index (χ3n) is 5.34. The Hall–Kier alpha value is -3.25. The molecule has 0 aliphatic carbocycles. The summed E-state index contributed by atoms with van der Waals surface area (Å²) in [6, 6.07) is 22.7. The number of rotatable bonds is 4. The number of carbonyl (C=O) groups excluding carboxylic acids is 1. The fraction of sp³-hybridized carbons (Fsp3) is 0.0385. The second-order valence-electron chi connectivity index (χ2n) is 7.46. The van der Waals surface area contributed by atoms with Crippen molar-refractivity contribution in [3.05, 3.63) is 99.3 Å². The first-order valence-electron chi connectivity index (χ1n) is 10.2. The molecule has 33 heavy (non-hydrogen) atoms. The van der Waals surface area contributed by atoms with Crippen LogP contribution in [0.4, 0.5) is 5.13 Å². The molecule has 0 radical (unpaired) electrons. The van der Waals surface area contributed by atoms with Crippen molar-refractivity contribution in [2.45, 2.75) is 6.92 Å². The molecule has 5 rings (SSSR count). The van der Waals surface area contributed by atoms with Crippen LogP contribution in [0.25, 0.3) is 33.4 Å². The minimum atomic E-state index is -0.244. The van der Waals surface area contributed by atoms with Gasteiger partial charge in [-0.2, -0.15) is 0 Å². The van der Waals surface area contributed by atoms with Crippen molar-refractivity contribution in [3.8, 4) is 22.5 Å². The molecule has 162 valence electrons. The summed E-state index contributed by atoms with van der Waals surface area (Å²) in [5.74, 6) is -0.244. The molecule has 0 spiro atoms. The van der Waals surface area contributed by atoms with Gasteiger partial charge in [0.25, 0.3) is 5.91 Å². The lowest BCUT2D eigenvalue weighted by Crippen LogP contribution is -2.15. The Morgan fingerprint density at radius 2 is 1.70 bits per heavy atom. The Morgan fingerprint density at radius 3 is 2.48 bits per heavy atom. The molecule has 0 unspecified atom stereocenters. The highest BCUT2D eigenvalue weighted by Gasteiger charge is 2.21. The Morgan fingerprint density at radius 1 is 0.939 bits per heavy atom. The van der Waals surface area contributed by atoms with E-state index in [1.165, 1.54) is 11.3 Å². The molecule has 0 bridgehead atoms. The van der Waals surface area contributed by atoms with E-state index in [1.54, 1.807) is 12.1 Å². The van der Waals surface area contributed by atoms with Gasteiger partial charge in [0, 0.05) is 26.9 Å². The molecule has 0 aliphatic heterocycles. The number of amides is 1. The minimum absolute atomic E-state index is 0.244. The van der Waals surface area contributed by atoms with Gasteiger partial charge in [-0.1, -0.05) is 71.7 Å². The van der Waals surface area contributed by atoms with E-state index in [4.69, 9.17) is 28.2 Å².